The molecule has 0 fully saturated rings. The van der Waals surface area contributed by atoms with Gasteiger partial charge in [-0.3, -0.25) is 9.59 Å². The summed E-state index contributed by atoms with van der Waals surface area (Å²) in [5, 5.41) is 2.60. The number of hydrogen-bond donors (Lipinski definition) is 1. The number of nitrogens with one attached hydrogen (secondary N) is 1. The highest BCUT2D eigenvalue weighted by molar-refractivity contribution is 7.87. The summed E-state index contributed by atoms with van der Waals surface area (Å²) in [4.78, 5) is 33.8. The standard InChI is InChI=1S/C24H30N4O5S3/c1-17-23(24(30)26-36(31,32)27(2)3)25-21(35-17)16-28(13-5-7-20-8-6-14-34-20)22(29)15-18-9-11-19(33-4)12-10-18/h6,8-12,14H,5,7,13,15-16H2,1-4H3,(H,26,30). The van der Waals surface area contributed by atoms with Gasteiger partial charge in [-0.1, -0.05) is 18.2 Å². The van der Waals surface area contributed by atoms with E-state index in [1.54, 1.807) is 30.3 Å². The zero-order valence-corrected chi connectivity index (χ0v) is 23.1. The fourth-order valence-electron chi connectivity index (χ4n) is 3.37. The molecular formula is C24H30N4O5S3. The Morgan fingerprint density at radius 3 is 2.47 bits per heavy atom. The number of carbonyl (C=O) groups excluding carboxylic acids is 2. The molecule has 0 spiro atoms. The summed E-state index contributed by atoms with van der Waals surface area (Å²) in [5.74, 6) is -0.128. The van der Waals surface area contributed by atoms with Crippen molar-refractivity contribution in [2.75, 3.05) is 27.7 Å². The highest BCUT2D eigenvalue weighted by Gasteiger charge is 2.24. The van der Waals surface area contributed by atoms with E-state index < -0.39 is 16.1 Å². The van der Waals surface area contributed by atoms with Crippen LogP contribution < -0.4 is 9.46 Å². The Balaban J connectivity index is 1.74. The first-order chi connectivity index (χ1) is 17.1. The molecule has 1 N–H and O–H groups in total. The van der Waals surface area contributed by atoms with Gasteiger partial charge in [0.2, 0.25) is 5.91 Å². The van der Waals surface area contributed by atoms with E-state index in [4.69, 9.17) is 4.74 Å². The maximum atomic E-state index is 13.3. The molecule has 0 saturated carbocycles. The lowest BCUT2D eigenvalue weighted by Gasteiger charge is -2.22. The summed E-state index contributed by atoms with van der Waals surface area (Å²) in [6.07, 6.45) is 1.87. The Morgan fingerprint density at radius 1 is 1.14 bits per heavy atom. The van der Waals surface area contributed by atoms with Crippen LogP contribution in [0.25, 0.3) is 0 Å². The lowest BCUT2D eigenvalue weighted by atomic mass is 10.1. The second kappa shape index (κ2) is 12.4. The third kappa shape index (κ3) is 7.60. The van der Waals surface area contributed by atoms with Crippen molar-refractivity contribution in [2.24, 2.45) is 0 Å². The normalized spacial score (nSPS) is 11.5. The van der Waals surface area contributed by atoms with E-state index in [1.165, 1.54) is 30.3 Å². The van der Waals surface area contributed by atoms with Crippen LogP contribution in [0, 0.1) is 6.92 Å². The van der Waals surface area contributed by atoms with Gasteiger partial charge in [0.25, 0.3) is 5.91 Å². The number of hydrogen-bond acceptors (Lipinski definition) is 8. The molecule has 2 heterocycles. The largest absolute Gasteiger partial charge is 0.497 e. The van der Waals surface area contributed by atoms with Crippen molar-refractivity contribution < 1.29 is 22.7 Å². The molecule has 0 bridgehead atoms. The first kappa shape index (κ1) is 27.8. The Labute approximate surface area is 219 Å². The van der Waals surface area contributed by atoms with Crippen LogP contribution in [0.4, 0.5) is 0 Å². The van der Waals surface area contributed by atoms with E-state index in [2.05, 4.69) is 11.1 Å². The van der Waals surface area contributed by atoms with Gasteiger partial charge in [-0.2, -0.15) is 12.7 Å². The Kier molecular flexibility index (Phi) is 9.60. The molecule has 0 saturated heterocycles. The molecule has 3 rings (SSSR count). The fraction of sp³-hybridized carbons (Fsp3) is 0.375. The molecule has 0 aliphatic heterocycles. The third-order valence-electron chi connectivity index (χ3n) is 5.38. The average Bonchev–Trinajstić information content (AvgIpc) is 3.48. The molecule has 0 atom stereocenters. The topological polar surface area (TPSA) is 109 Å². The van der Waals surface area contributed by atoms with Gasteiger partial charge in [-0.15, -0.1) is 22.7 Å². The van der Waals surface area contributed by atoms with Crippen LogP contribution in [-0.2, 0) is 34.4 Å². The highest BCUT2D eigenvalue weighted by atomic mass is 32.2. The van der Waals surface area contributed by atoms with E-state index in [-0.39, 0.29) is 24.6 Å². The maximum absolute atomic E-state index is 13.3. The Bertz CT molecular complexity index is 1270. The fourth-order valence-corrected chi connectivity index (χ4v) is 5.58. The van der Waals surface area contributed by atoms with Gasteiger partial charge in [0.1, 0.15) is 16.5 Å². The van der Waals surface area contributed by atoms with Crippen LogP contribution in [0.15, 0.2) is 41.8 Å². The summed E-state index contributed by atoms with van der Waals surface area (Å²) < 4.78 is 32.2. The van der Waals surface area contributed by atoms with E-state index in [0.717, 1.165) is 28.5 Å². The van der Waals surface area contributed by atoms with Crippen LogP contribution in [-0.4, -0.2) is 62.2 Å². The van der Waals surface area contributed by atoms with Crippen LogP contribution in [0.1, 0.15) is 37.2 Å². The second-order valence-corrected chi connectivity index (χ2v) is 12.5. The molecule has 12 heteroatoms. The molecule has 2 amide bonds. The van der Waals surface area contributed by atoms with E-state index in [1.807, 2.05) is 40.4 Å². The SMILES string of the molecule is COc1ccc(CC(=O)N(CCCc2cccs2)Cc2nc(C(=O)NS(=O)(=O)N(C)C)c(C)s2)cc1. The monoisotopic (exact) mass is 550 g/mol. The number of rotatable bonds is 12. The zero-order chi connectivity index (χ0) is 26.3. The highest BCUT2D eigenvalue weighted by Crippen LogP contribution is 2.21. The summed E-state index contributed by atoms with van der Waals surface area (Å²) in [5.41, 5.74) is 0.912. The van der Waals surface area contributed by atoms with Crippen LogP contribution in [0.3, 0.4) is 0 Å². The van der Waals surface area contributed by atoms with Crippen molar-refractivity contribution in [1.82, 2.24) is 18.9 Å². The van der Waals surface area contributed by atoms with Crippen molar-refractivity contribution in [3.63, 3.8) is 0 Å². The minimum atomic E-state index is -3.94. The molecule has 0 radical (unpaired) electrons. The Morgan fingerprint density at radius 2 is 1.86 bits per heavy atom. The van der Waals surface area contributed by atoms with Gasteiger partial charge in [-0.05, 0) is 48.9 Å². The van der Waals surface area contributed by atoms with E-state index >= 15 is 0 Å². The second-order valence-electron chi connectivity index (χ2n) is 8.25. The first-order valence-corrected chi connectivity index (χ1v) is 14.4. The number of thiophene rings is 1. The van der Waals surface area contributed by atoms with E-state index in [0.29, 0.717) is 16.4 Å². The number of aryl methyl sites for hydroxylation is 2. The van der Waals surface area contributed by atoms with Crippen molar-refractivity contribution in [3.8, 4) is 5.75 Å². The molecule has 36 heavy (non-hydrogen) atoms. The molecule has 194 valence electrons. The van der Waals surface area contributed by atoms with Crippen molar-refractivity contribution >= 4 is 44.7 Å². The number of ether oxygens (including phenoxy) is 1. The molecule has 3 aromatic rings. The van der Waals surface area contributed by atoms with Crippen LogP contribution >= 0.6 is 22.7 Å². The van der Waals surface area contributed by atoms with Gasteiger partial charge in [-0.25, -0.2) is 9.71 Å². The molecule has 0 aliphatic rings. The van der Waals surface area contributed by atoms with E-state index in [9.17, 15) is 18.0 Å². The average molecular weight is 551 g/mol. The summed E-state index contributed by atoms with van der Waals surface area (Å²) in [6.45, 7) is 2.47. The molecule has 2 aromatic heterocycles. The summed E-state index contributed by atoms with van der Waals surface area (Å²) in [7, 11) is 0.318. The summed E-state index contributed by atoms with van der Waals surface area (Å²) in [6, 6.07) is 11.4. The maximum Gasteiger partial charge on any atom is 0.303 e. The number of benzene rings is 1. The quantitative estimate of drug-likeness (QED) is 0.371. The number of nitrogens with zero attached hydrogens (tertiary/aromatic N) is 3. The minimum absolute atomic E-state index is 0.0431. The van der Waals surface area contributed by atoms with Crippen LogP contribution in [0.2, 0.25) is 0 Å². The third-order valence-corrected chi connectivity index (χ3v) is 8.68. The number of aromatic nitrogens is 1. The number of thiazole rings is 1. The van der Waals surface area contributed by atoms with Gasteiger partial charge >= 0.3 is 10.2 Å². The number of amides is 2. The van der Waals surface area contributed by atoms with Gasteiger partial charge < -0.3 is 9.64 Å². The molecule has 1 aromatic carbocycles. The number of carbonyl (C=O) groups is 2. The summed E-state index contributed by atoms with van der Waals surface area (Å²) >= 11 is 2.96. The van der Waals surface area contributed by atoms with Crippen molar-refractivity contribution in [3.05, 3.63) is 67.8 Å². The zero-order valence-electron chi connectivity index (χ0n) is 20.7. The van der Waals surface area contributed by atoms with Gasteiger partial charge in [0.15, 0.2) is 0 Å². The minimum Gasteiger partial charge on any atom is -0.497 e. The lowest BCUT2D eigenvalue weighted by Crippen LogP contribution is -2.39. The smallest absolute Gasteiger partial charge is 0.303 e. The van der Waals surface area contributed by atoms with Crippen molar-refractivity contribution in [2.45, 2.75) is 32.7 Å². The molecule has 9 nitrogen and oxygen atoms in total. The predicted octanol–water partition coefficient (Wildman–Crippen LogP) is 3.26. The molecule has 0 aliphatic carbocycles. The number of methoxy groups -OCH3 is 1. The molecular weight excluding hydrogens is 520 g/mol. The van der Waals surface area contributed by atoms with Gasteiger partial charge in [0, 0.05) is 30.4 Å². The van der Waals surface area contributed by atoms with Crippen molar-refractivity contribution in [1.29, 1.82) is 0 Å². The first-order valence-electron chi connectivity index (χ1n) is 11.2. The van der Waals surface area contributed by atoms with Crippen LogP contribution in [0.5, 0.6) is 5.75 Å². The predicted molar refractivity (Wildman–Crippen MR) is 142 cm³/mol. The molecule has 0 unspecified atom stereocenters. The van der Waals surface area contributed by atoms with Gasteiger partial charge in [0.05, 0.1) is 20.1 Å². The lowest BCUT2D eigenvalue weighted by molar-refractivity contribution is -0.131. The Hall–Kier alpha value is -2.80.